The van der Waals surface area contributed by atoms with Crippen LogP contribution in [-0.4, -0.2) is 22.0 Å². The molecule has 0 spiro atoms. The highest BCUT2D eigenvalue weighted by atomic mass is 32.2. The summed E-state index contributed by atoms with van der Waals surface area (Å²) in [6.45, 7) is 3.86. The fourth-order valence-electron chi connectivity index (χ4n) is 2.39. The molecule has 2 aromatic rings. The van der Waals surface area contributed by atoms with E-state index in [1.807, 2.05) is 25.3 Å². The molecular weight excluding hydrogens is 357 g/mol. The molecule has 3 heterocycles. The van der Waals surface area contributed by atoms with E-state index in [0.717, 1.165) is 34.0 Å². The fraction of sp³-hybridized carbons (Fsp3) is 0.375. The maximum absolute atomic E-state index is 13.0. The minimum absolute atomic E-state index is 0.0319. The van der Waals surface area contributed by atoms with E-state index in [-0.39, 0.29) is 5.03 Å². The largest absolute Gasteiger partial charge is 0.419 e. The second-order valence-corrected chi connectivity index (χ2v) is 7.71. The first-order valence-corrected chi connectivity index (χ1v) is 9.09. The van der Waals surface area contributed by atoms with Crippen molar-refractivity contribution in [2.75, 3.05) is 5.75 Å². The van der Waals surface area contributed by atoms with Crippen LogP contribution in [0.15, 0.2) is 40.0 Å². The van der Waals surface area contributed by atoms with Crippen molar-refractivity contribution >= 4 is 28.8 Å². The number of rotatable bonds is 4. The standard InChI is InChI=1S/C16H15F3N2OS2/c1-10-5-7-23-13(10)12-8-15(2,22-21-12)9-24-14-11(16(17,18)19)4-3-6-20-14/h3-7H,8-9H2,1-2H3. The van der Waals surface area contributed by atoms with Crippen LogP contribution in [0.2, 0.25) is 0 Å². The Bertz CT molecular complexity index is 773. The Morgan fingerprint density at radius 2 is 2.17 bits per heavy atom. The van der Waals surface area contributed by atoms with E-state index in [9.17, 15) is 13.2 Å². The Morgan fingerprint density at radius 3 is 2.83 bits per heavy atom. The van der Waals surface area contributed by atoms with Gasteiger partial charge in [0.15, 0.2) is 0 Å². The number of thiophene rings is 1. The van der Waals surface area contributed by atoms with Gasteiger partial charge in [0, 0.05) is 18.4 Å². The second kappa shape index (κ2) is 6.40. The van der Waals surface area contributed by atoms with Gasteiger partial charge in [-0.3, -0.25) is 0 Å². The summed E-state index contributed by atoms with van der Waals surface area (Å²) in [6, 6.07) is 4.35. The van der Waals surface area contributed by atoms with Gasteiger partial charge in [-0.05, 0) is 43.0 Å². The van der Waals surface area contributed by atoms with Gasteiger partial charge in [-0.25, -0.2) is 4.98 Å². The topological polar surface area (TPSA) is 34.5 Å². The number of thioether (sulfide) groups is 1. The fourth-order valence-corrected chi connectivity index (χ4v) is 4.37. The highest BCUT2D eigenvalue weighted by Gasteiger charge is 2.38. The molecule has 3 rings (SSSR count). The molecule has 0 aliphatic carbocycles. The third-order valence-electron chi connectivity index (χ3n) is 3.63. The van der Waals surface area contributed by atoms with E-state index in [1.165, 1.54) is 12.3 Å². The number of aromatic nitrogens is 1. The Labute approximate surface area is 145 Å². The van der Waals surface area contributed by atoms with Crippen LogP contribution >= 0.6 is 23.1 Å². The van der Waals surface area contributed by atoms with Crippen molar-refractivity contribution in [3.8, 4) is 0 Å². The lowest BCUT2D eigenvalue weighted by molar-refractivity contribution is -0.140. The molecule has 1 unspecified atom stereocenters. The summed E-state index contributed by atoms with van der Waals surface area (Å²) in [7, 11) is 0. The van der Waals surface area contributed by atoms with Crippen LogP contribution in [-0.2, 0) is 11.0 Å². The first kappa shape index (κ1) is 17.3. The van der Waals surface area contributed by atoms with Gasteiger partial charge in [0.1, 0.15) is 16.3 Å². The van der Waals surface area contributed by atoms with Crippen LogP contribution in [0.4, 0.5) is 13.2 Å². The molecule has 0 amide bonds. The minimum atomic E-state index is -4.41. The number of oxime groups is 1. The van der Waals surface area contributed by atoms with E-state index in [0.29, 0.717) is 12.2 Å². The molecule has 0 fully saturated rings. The van der Waals surface area contributed by atoms with Crippen molar-refractivity contribution in [1.82, 2.24) is 4.98 Å². The van der Waals surface area contributed by atoms with Crippen LogP contribution in [0.25, 0.3) is 0 Å². The van der Waals surface area contributed by atoms with E-state index in [4.69, 9.17) is 4.84 Å². The van der Waals surface area contributed by atoms with Gasteiger partial charge >= 0.3 is 6.18 Å². The molecule has 0 N–H and O–H groups in total. The summed E-state index contributed by atoms with van der Waals surface area (Å²) in [4.78, 5) is 10.5. The summed E-state index contributed by atoms with van der Waals surface area (Å²) < 4.78 is 39.1. The SMILES string of the molecule is Cc1ccsc1C1=NOC(C)(CSc2ncccc2C(F)(F)F)C1. The van der Waals surface area contributed by atoms with Crippen molar-refractivity contribution < 1.29 is 18.0 Å². The smallest absolute Gasteiger partial charge is 0.388 e. The molecule has 128 valence electrons. The number of pyridine rings is 1. The van der Waals surface area contributed by atoms with Crippen molar-refractivity contribution in [2.24, 2.45) is 5.16 Å². The normalized spacial score (nSPS) is 20.8. The lowest BCUT2D eigenvalue weighted by Crippen LogP contribution is -2.28. The average molecular weight is 372 g/mol. The molecule has 0 aromatic carbocycles. The van der Waals surface area contributed by atoms with Crippen LogP contribution in [0.1, 0.15) is 29.3 Å². The number of alkyl halides is 3. The van der Waals surface area contributed by atoms with Gasteiger partial charge in [0.2, 0.25) is 0 Å². The van der Waals surface area contributed by atoms with Crippen LogP contribution < -0.4 is 0 Å². The first-order valence-electron chi connectivity index (χ1n) is 7.23. The molecule has 2 aromatic heterocycles. The number of hydrogen-bond donors (Lipinski definition) is 0. The third-order valence-corrected chi connectivity index (χ3v) is 6.05. The molecule has 0 radical (unpaired) electrons. The van der Waals surface area contributed by atoms with Crippen LogP contribution in [0, 0.1) is 6.92 Å². The van der Waals surface area contributed by atoms with E-state index >= 15 is 0 Å². The van der Waals surface area contributed by atoms with Gasteiger partial charge in [0.05, 0.1) is 10.4 Å². The van der Waals surface area contributed by atoms with Gasteiger partial charge in [-0.1, -0.05) is 5.16 Å². The molecule has 0 saturated carbocycles. The Morgan fingerprint density at radius 1 is 1.38 bits per heavy atom. The third kappa shape index (κ3) is 3.59. The van der Waals surface area contributed by atoms with E-state index in [2.05, 4.69) is 10.1 Å². The Kier molecular flexibility index (Phi) is 4.61. The molecule has 1 aliphatic heterocycles. The monoisotopic (exact) mass is 372 g/mol. The predicted molar refractivity (Wildman–Crippen MR) is 89.7 cm³/mol. The van der Waals surface area contributed by atoms with Gasteiger partial charge in [-0.2, -0.15) is 13.2 Å². The summed E-state index contributed by atoms with van der Waals surface area (Å²) >= 11 is 2.64. The Hall–Kier alpha value is -1.54. The molecule has 8 heteroatoms. The second-order valence-electron chi connectivity index (χ2n) is 5.83. The summed E-state index contributed by atoms with van der Waals surface area (Å²) in [5, 5.41) is 6.10. The zero-order valence-electron chi connectivity index (χ0n) is 13.1. The lowest BCUT2D eigenvalue weighted by atomic mass is 10.0. The van der Waals surface area contributed by atoms with E-state index in [1.54, 1.807) is 11.3 Å². The zero-order chi connectivity index (χ0) is 17.4. The quantitative estimate of drug-likeness (QED) is 0.697. The zero-order valence-corrected chi connectivity index (χ0v) is 14.7. The van der Waals surface area contributed by atoms with Crippen molar-refractivity contribution in [2.45, 2.75) is 37.1 Å². The van der Waals surface area contributed by atoms with Gasteiger partial charge in [-0.15, -0.1) is 23.1 Å². The highest BCUT2D eigenvalue weighted by Crippen LogP contribution is 2.38. The summed E-state index contributed by atoms with van der Waals surface area (Å²) in [5.41, 5.74) is 0.620. The van der Waals surface area contributed by atoms with Crippen LogP contribution in [0.5, 0.6) is 0 Å². The highest BCUT2D eigenvalue weighted by molar-refractivity contribution is 7.99. The molecule has 1 aliphatic rings. The number of aryl methyl sites for hydroxylation is 1. The molecular formula is C16H15F3N2OS2. The predicted octanol–water partition coefficient (Wildman–Crippen LogP) is 5.15. The number of nitrogens with zero attached hydrogens (tertiary/aromatic N) is 2. The average Bonchev–Trinajstić information content (AvgIpc) is 3.11. The molecule has 0 bridgehead atoms. The maximum atomic E-state index is 13.0. The van der Waals surface area contributed by atoms with E-state index < -0.39 is 17.3 Å². The van der Waals surface area contributed by atoms with Crippen molar-refractivity contribution in [3.05, 3.63) is 45.8 Å². The van der Waals surface area contributed by atoms with Crippen molar-refractivity contribution in [1.29, 1.82) is 0 Å². The molecule has 0 saturated heterocycles. The molecule has 1 atom stereocenters. The van der Waals surface area contributed by atoms with Crippen molar-refractivity contribution in [3.63, 3.8) is 0 Å². The lowest BCUT2D eigenvalue weighted by Gasteiger charge is -2.21. The minimum Gasteiger partial charge on any atom is -0.388 e. The summed E-state index contributed by atoms with van der Waals surface area (Å²) in [6.07, 6.45) is -2.48. The maximum Gasteiger partial charge on any atom is 0.419 e. The van der Waals surface area contributed by atoms with Gasteiger partial charge < -0.3 is 4.84 Å². The molecule has 3 nitrogen and oxygen atoms in total. The Balaban J connectivity index is 1.70. The summed E-state index contributed by atoms with van der Waals surface area (Å²) in [5.74, 6) is 0.338. The van der Waals surface area contributed by atoms with Crippen LogP contribution in [0.3, 0.4) is 0 Å². The first-order chi connectivity index (χ1) is 11.3. The number of halogens is 3. The molecule has 24 heavy (non-hydrogen) atoms. The number of hydrogen-bond acceptors (Lipinski definition) is 5. The van der Waals surface area contributed by atoms with Gasteiger partial charge in [0.25, 0.3) is 0 Å².